The molecule has 4 nitrogen and oxygen atoms in total. The quantitative estimate of drug-likeness (QED) is 0.796. The molecule has 0 spiro atoms. The van der Waals surface area contributed by atoms with Crippen LogP contribution in [0.5, 0.6) is 5.75 Å². The number of hydrogen-bond donors (Lipinski definition) is 2. The van der Waals surface area contributed by atoms with Gasteiger partial charge in [0.05, 0.1) is 6.61 Å². The molecule has 2 N–H and O–H groups in total. The SMILES string of the molecule is CCOc1ccc(C(C)NC(C)C(=O)O)cc1. The summed E-state index contributed by atoms with van der Waals surface area (Å²) < 4.78 is 5.35. The first-order valence-corrected chi connectivity index (χ1v) is 5.76. The van der Waals surface area contributed by atoms with Crippen LogP contribution in [-0.4, -0.2) is 23.7 Å². The van der Waals surface area contributed by atoms with E-state index in [-0.39, 0.29) is 6.04 Å². The van der Waals surface area contributed by atoms with Gasteiger partial charge in [0.1, 0.15) is 11.8 Å². The lowest BCUT2D eigenvalue weighted by atomic mass is 10.1. The fourth-order valence-corrected chi connectivity index (χ4v) is 1.56. The van der Waals surface area contributed by atoms with Gasteiger partial charge in [0, 0.05) is 6.04 Å². The molecule has 4 heteroatoms. The largest absolute Gasteiger partial charge is 0.494 e. The molecule has 1 aromatic carbocycles. The van der Waals surface area contributed by atoms with E-state index >= 15 is 0 Å². The molecule has 17 heavy (non-hydrogen) atoms. The van der Waals surface area contributed by atoms with Crippen LogP contribution in [0.3, 0.4) is 0 Å². The number of aliphatic carboxylic acids is 1. The first-order valence-electron chi connectivity index (χ1n) is 5.76. The Morgan fingerprint density at radius 3 is 2.41 bits per heavy atom. The second-order valence-corrected chi connectivity index (χ2v) is 3.95. The van der Waals surface area contributed by atoms with E-state index in [0.29, 0.717) is 6.61 Å². The summed E-state index contributed by atoms with van der Waals surface area (Å²) in [6.45, 7) is 6.15. The number of carboxylic acids is 1. The summed E-state index contributed by atoms with van der Waals surface area (Å²) in [6, 6.07) is 7.10. The van der Waals surface area contributed by atoms with Crippen LogP contribution in [0, 0.1) is 0 Å². The number of nitrogens with one attached hydrogen (secondary N) is 1. The molecule has 0 aliphatic heterocycles. The van der Waals surface area contributed by atoms with Crippen LogP contribution in [0.15, 0.2) is 24.3 Å². The van der Waals surface area contributed by atoms with Crippen LogP contribution < -0.4 is 10.1 Å². The zero-order valence-electron chi connectivity index (χ0n) is 10.4. The van der Waals surface area contributed by atoms with Crippen LogP contribution >= 0.6 is 0 Å². The summed E-state index contributed by atoms with van der Waals surface area (Å²) in [7, 11) is 0. The van der Waals surface area contributed by atoms with E-state index in [2.05, 4.69) is 5.32 Å². The molecule has 0 radical (unpaired) electrons. The van der Waals surface area contributed by atoms with Crippen LogP contribution in [0.4, 0.5) is 0 Å². The summed E-state index contributed by atoms with van der Waals surface area (Å²) in [6.07, 6.45) is 0. The van der Waals surface area contributed by atoms with Gasteiger partial charge in [-0.05, 0) is 38.5 Å². The van der Waals surface area contributed by atoms with Crippen molar-refractivity contribution in [1.29, 1.82) is 0 Å². The molecule has 0 saturated carbocycles. The van der Waals surface area contributed by atoms with Gasteiger partial charge in [-0.15, -0.1) is 0 Å². The van der Waals surface area contributed by atoms with Crippen LogP contribution in [0.2, 0.25) is 0 Å². The molecule has 1 rings (SSSR count). The van der Waals surface area contributed by atoms with Gasteiger partial charge in [-0.2, -0.15) is 0 Å². The molecule has 1 aromatic rings. The Labute approximate surface area is 102 Å². The first kappa shape index (κ1) is 13.5. The number of benzene rings is 1. The molecule has 2 atom stereocenters. The van der Waals surface area contributed by atoms with Crippen molar-refractivity contribution in [2.24, 2.45) is 0 Å². The third-order valence-electron chi connectivity index (χ3n) is 2.56. The molecule has 0 bridgehead atoms. The maximum absolute atomic E-state index is 10.7. The van der Waals surface area contributed by atoms with Crippen molar-refractivity contribution in [2.45, 2.75) is 32.9 Å². The van der Waals surface area contributed by atoms with E-state index in [0.717, 1.165) is 11.3 Å². The summed E-state index contributed by atoms with van der Waals surface area (Å²) in [5.74, 6) is -0.0162. The monoisotopic (exact) mass is 237 g/mol. The first-order chi connectivity index (χ1) is 8.04. The topological polar surface area (TPSA) is 58.6 Å². The zero-order valence-corrected chi connectivity index (χ0v) is 10.4. The predicted molar refractivity (Wildman–Crippen MR) is 66.3 cm³/mol. The van der Waals surface area contributed by atoms with Crippen molar-refractivity contribution in [3.63, 3.8) is 0 Å². The van der Waals surface area contributed by atoms with Crippen molar-refractivity contribution in [2.75, 3.05) is 6.61 Å². The maximum atomic E-state index is 10.7. The molecule has 0 fully saturated rings. The van der Waals surface area contributed by atoms with Crippen molar-refractivity contribution in [1.82, 2.24) is 5.32 Å². The Morgan fingerprint density at radius 2 is 1.94 bits per heavy atom. The molecule has 0 saturated heterocycles. The number of hydrogen-bond acceptors (Lipinski definition) is 3. The molecular formula is C13H19NO3. The second kappa shape index (κ2) is 6.25. The number of rotatable bonds is 6. The fourth-order valence-electron chi connectivity index (χ4n) is 1.56. The fraction of sp³-hybridized carbons (Fsp3) is 0.462. The van der Waals surface area contributed by atoms with E-state index in [9.17, 15) is 4.79 Å². The Bertz CT molecular complexity index is 361. The minimum absolute atomic E-state index is 0.00298. The van der Waals surface area contributed by atoms with Gasteiger partial charge in [-0.25, -0.2) is 0 Å². The van der Waals surface area contributed by atoms with Gasteiger partial charge in [0.2, 0.25) is 0 Å². The summed E-state index contributed by atoms with van der Waals surface area (Å²) in [5.41, 5.74) is 1.04. The summed E-state index contributed by atoms with van der Waals surface area (Å²) in [5, 5.41) is 11.8. The highest BCUT2D eigenvalue weighted by Gasteiger charge is 2.14. The van der Waals surface area contributed by atoms with E-state index < -0.39 is 12.0 Å². The third-order valence-corrected chi connectivity index (χ3v) is 2.56. The Hall–Kier alpha value is -1.55. The lowest BCUT2D eigenvalue weighted by Gasteiger charge is -2.17. The third kappa shape index (κ3) is 4.07. The number of ether oxygens (including phenoxy) is 1. The smallest absolute Gasteiger partial charge is 0.320 e. The Balaban J connectivity index is 2.63. The van der Waals surface area contributed by atoms with E-state index in [1.165, 1.54) is 0 Å². The Morgan fingerprint density at radius 1 is 1.35 bits per heavy atom. The van der Waals surface area contributed by atoms with Gasteiger partial charge in [0.15, 0.2) is 0 Å². The maximum Gasteiger partial charge on any atom is 0.320 e. The lowest BCUT2D eigenvalue weighted by Crippen LogP contribution is -2.35. The molecule has 0 heterocycles. The standard InChI is InChI=1S/C13H19NO3/c1-4-17-12-7-5-11(6-8-12)9(2)14-10(3)13(15)16/h5-10,14H,4H2,1-3H3,(H,15,16). The minimum atomic E-state index is -0.845. The Kier molecular flexibility index (Phi) is 4.97. The average molecular weight is 237 g/mol. The van der Waals surface area contributed by atoms with E-state index in [4.69, 9.17) is 9.84 Å². The van der Waals surface area contributed by atoms with Crippen molar-refractivity contribution in [3.05, 3.63) is 29.8 Å². The highest BCUT2D eigenvalue weighted by molar-refractivity contribution is 5.72. The second-order valence-electron chi connectivity index (χ2n) is 3.95. The normalized spacial score (nSPS) is 14.1. The van der Waals surface area contributed by atoms with Crippen LogP contribution in [0.25, 0.3) is 0 Å². The molecular weight excluding hydrogens is 218 g/mol. The van der Waals surface area contributed by atoms with E-state index in [1.54, 1.807) is 6.92 Å². The average Bonchev–Trinajstić information content (AvgIpc) is 2.30. The van der Waals surface area contributed by atoms with E-state index in [1.807, 2.05) is 38.1 Å². The van der Waals surface area contributed by atoms with Crippen molar-refractivity contribution >= 4 is 5.97 Å². The van der Waals surface area contributed by atoms with Crippen molar-refractivity contribution in [3.8, 4) is 5.75 Å². The highest BCUT2D eigenvalue weighted by Crippen LogP contribution is 2.17. The molecule has 0 aliphatic carbocycles. The lowest BCUT2D eigenvalue weighted by molar-refractivity contribution is -0.139. The van der Waals surface area contributed by atoms with Gasteiger partial charge < -0.3 is 9.84 Å². The number of carbonyl (C=O) groups is 1. The highest BCUT2D eigenvalue weighted by atomic mass is 16.5. The van der Waals surface area contributed by atoms with Crippen LogP contribution in [0.1, 0.15) is 32.4 Å². The molecule has 2 unspecified atom stereocenters. The van der Waals surface area contributed by atoms with Gasteiger partial charge in [-0.1, -0.05) is 12.1 Å². The molecule has 0 aliphatic rings. The predicted octanol–water partition coefficient (Wildman–Crippen LogP) is 2.21. The van der Waals surface area contributed by atoms with Gasteiger partial charge >= 0.3 is 5.97 Å². The van der Waals surface area contributed by atoms with Gasteiger partial charge in [-0.3, -0.25) is 10.1 Å². The molecule has 0 aromatic heterocycles. The summed E-state index contributed by atoms with van der Waals surface area (Å²) in [4.78, 5) is 10.7. The molecule has 0 amide bonds. The molecule has 94 valence electrons. The zero-order chi connectivity index (χ0) is 12.8. The summed E-state index contributed by atoms with van der Waals surface area (Å²) >= 11 is 0. The van der Waals surface area contributed by atoms with Gasteiger partial charge in [0.25, 0.3) is 0 Å². The minimum Gasteiger partial charge on any atom is -0.494 e. The van der Waals surface area contributed by atoms with Crippen LogP contribution in [-0.2, 0) is 4.79 Å². The number of carboxylic acid groups (broad SMARTS) is 1. The van der Waals surface area contributed by atoms with Crippen molar-refractivity contribution < 1.29 is 14.6 Å².